The van der Waals surface area contributed by atoms with E-state index in [-0.39, 0.29) is 5.41 Å². The molecule has 6 rings (SSSR count). The Morgan fingerprint density at radius 3 is 2.31 bits per heavy atom. The molecule has 0 N–H and O–H groups in total. The zero-order chi connectivity index (χ0) is 18.1. The molecular weight excluding hydrogens is 360 g/mol. The Labute approximate surface area is 163 Å². The molecule has 0 amide bonds. The summed E-state index contributed by atoms with van der Waals surface area (Å²) in [5.41, 5.74) is 1.28. The minimum Gasteiger partial charge on any atom is -0.298 e. The average molecular weight is 387 g/mol. The van der Waals surface area contributed by atoms with E-state index in [1.54, 1.807) is 23.1 Å². The summed E-state index contributed by atoms with van der Waals surface area (Å²) in [6, 6.07) is 0. The second-order valence-corrected chi connectivity index (χ2v) is 11.1. The standard InChI is InChI=1S/C21H26N2OS2/c1-11-12(2)26-20-18(11)19(22-13(3)23-20)25-10-17(24)21-7-14-4-15(8-21)6-16(5-14)9-21/h14-16H,4-10H2,1-3H3. The van der Waals surface area contributed by atoms with E-state index >= 15 is 0 Å². The highest BCUT2D eigenvalue weighted by atomic mass is 32.2. The van der Waals surface area contributed by atoms with Gasteiger partial charge in [-0.25, -0.2) is 9.97 Å². The third kappa shape index (κ3) is 2.65. The average Bonchev–Trinajstić information content (AvgIpc) is 2.85. The van der Waals surface area contributed by atoms with Crippen molar-refractivity contribution in [3.05, 3.63) is 16.3 Å². The van der Waals surface area contributed by atoms with Gasteiger partial charge in [-0.15, -0.1) is 11.3 Å². The fourth-order valence-corrected chi connectivity index (χ4v) is 8.46. The first-order valence-corrected chi connectivity index (χ1v) is 11.6. The van der Waals surface area contributed by atoms with Crippen LogP contribution in [0.3, 0.4) is 0 Å². The third-order valence-electron chi connectivity index (χ3n) is 7.08. The first kappa shape index (κ1) is 17.2. The molecule has 5 heteroatoms. The SMILES string of the molecule is Cc1nc(SCC(=O)C23CC4CC(CC(C4)C2)C3)c2c(C)c(C)sc2n1. The predicted octanol–water partition coefficient (Wildman–Crippen LogP) is 5.49. The highest BCUT2D eigenvalue weighted by molar-refractivity contribution is 8.00. The van der Waals surface area contributed by atoms with Gasteiger partial charge in [0.15, 0.2) is 0 Å². The summed E-state index contributed by atoms with van der Waals surface area (Å²) in [6.45, 7) is 6.25. The molecule has 0 atom stereocenters. The zero-order valence-electron chi connectivity index (χ0n) is 15.8. The molecule has 4 saturated carbocycles. The lowest BCUT2D eigenvalue weighted by Crippen LogP contribution is -2.50. The maximum absolute atomic E-state index is 13.3. The monoisotopic (exact) mass is 386 g/mol. The summed E-state index contributed by atoms with van der Waals surface area (Å²) in [7, 11) is 0. The minimum absolute atomic E-state index is 0.00253. The zero-order valence-corrected chi connectivity index (χ0v) is 17.4. The van der Waals surface area contributed by atoms with Crippen LogP contribution >= 0.6 is 23.1 Å². The molecule has 0 saturated heterocycles. The quantitative estimate of drug-likeness (QED) is 0.514. The van der Waals surface area contributed by atoms with Crippen molar-refractivity contribution in [1.29, 1.82) is 0 Å². The van der Waals surface area contributed by atoms with Crippen LogP contribution in [0.15, 0.2) is 5.03 Å². The molecule has 0 spiro atoms. The molecule has 4 aliphatic rings. The number of thioether (sulfide) groups is 1. The fraction of sp³-hybridized carbons (Fsp3) is 0.667. The first-order valence-electron chi connectivity index (χ1n) is 9.84. The van der Waals surface area contributed by atoms with Gasteiger partial charge in [-0.2, -0.15) is 0 Å². The van der Waals surface area contributed by atoms with Gasteiger partial charge in [-0.05, 0) is 82.6 Å². The normalized spacial score (nSPS) is 32.5. The molecule has 4 fully saturated rings. The van der Waals surface area contributed by atoms with Crippen LogP contribution in [-0.2, 0) is 4.79 Å². The van der Waals surface area contributed by atoms with Crippen LogP contribution in [0.25, 0.3) is 10.2 Å². The summed E-state index contributed by atoms with van der Waals surface area (Å²) >= 11 is 3.39. The lowest BCUT2D eigenvalue weighted by atomic mass is 9.48. The second-order valence-electron chi connectivity index (χ2n) is 8.95. The van der Waals surface area contributed by atoms with Crippen LogP contribution in [-0.4, -0.2) is 21.5 Å². The number of rotatable bonds is 4. The van der Waals surface area contributed by atoms with Crippen molar-refractivity contribution in [3.8, 4) is 0 Å². The Balaban J connectivity index is 1.40. The van der Waals surface area contributed by atoms with E-state index in [9.17, 15) is 4.79 Å². The number of hydrogen-bond donors (Lipinski definition) is 0. The van der Waals surface area contributed by atoms with Crippen LogP contribution in [0.5, 0.6) is 0 Å². The van der Waals surface area contributed by atoms with Gasteiger partial charge in [0.05, 0.1) is 5.75 Å². The van der Waals surface area contributed by atoms with Crippen molar-refractivity contribution in [2.45, 2.75) is 64.3 Å². The smallest absolute Gasteiger partial charge is 0.149 e. The maximum atomic E-state index is 13.3. The Kier molecular flexibility index (Phi) is 3.98. The molecule has 0 aromatic carbocycles. The van der Waals surface area contributed by atoms with E-state index in [1.807, 2.05) is 6.92 Å². The topological polar surface area (TPSA) is 42.9 Å². The summed E-state index contributed by atoms with van der Waals surface area (Å²) in [5.74, 6) is 4.35. The molecule has 138 valence electrons. The molecule has 4 aliphatic carbocycles. The number of ketones is 1. The third-order valence-corrected chi connectivity index (χ3v) is 9.15. The van der Waals surface area contributed by atoms with Gasteiger partial charge in [-0.3, -0.25) is 4.79 Å². The van der Waals surface area contributed by atoms with E-state index in [0.717, 1.165) is 52.7 Å². The van der Waals surface area contributed by atoms with Crippen molar-refractivity contribution < 1.29 is 4.79 Å². The Hall–Kier alpha value is -0.940. The van der Waals surface area contributed by atoms with Gasteiger partial charge in [0.25, 0.3) is 0 Å². The van der Waals surface area contributed by atoms with Crippen molar-refractivity contribution >= 4 is 39.1 Å². The van der Waals surface area contributed by atoms with Gasteiger partial charge in [-0.1, -0.05) is 11.8 Å². The number of carbonyl (C=O) groups is 1. The summed E-state index contributed by atoms with van der Waals surface area (Å²) in [6.07, 6.45) is 7.64. The van der Waals surface area contributed by atoms with Crippen LogP contribution < -0.4 is 0 Å². The lowest BCUT2D eigenvalue weighted by molar-refractivity contribution is -0.141. The molecule has 2 heterocycles. The largest absolute Gasteiger partial charge is 0.298 e. The molecule has 3 nitrogen and oxygen atoms in total. The number of hydrogen-bond acceptors (Lipinski definition) is 5. The highest BCUT2D eigenvalue weighted by Gasteiger charge is 2.54. The predicted molar refractivity (Wildman–Crippen MR) is 108 cm³/mol. The van der Waals surface area contributed by atoms with Gasteiger partial charge in [0, 0.05) is 15.7 Å². The van der Waals surface area contributed by atoms with Crippen LogP contribution in [0.1, 0.15) is 54.8 Å². The van der Waals surface area contributed by atoms with Crippen LogP contribution in [0.4, 0.5) is 0 Å². The van der Waals surface area contributed by atoms with Crippen molar-refractivity contribution in [2.24, 2.45) is 23.2 Å². The molecule has 0 unspecified atom stereocenters. The number of Topliss-reactive ketones (excluding diaryl/α,β-unsaturated/α-hetero) is 1. The summed E-state index contributed by atoms with van der Waals surface area (Å²) in [4.78, 5) is 25.0. The minimum atomic E-state index is 0.00253. The van der Waals surface area contributed by atoms with Gasteiger partial charge >= 0.3 is 0 Å². The number of aryl methyl sites for hydroxylation is 3. The fourth-order valence-electron chi connectivity index (χ4n) is 6.16. The van der Waals surface area contributed by atoms with Gasteiger partial charge < -0.3 is 0 Å². The first-order chi connectivity index (χ1) is 12.4. The van der Waals surface area contributed by atoms with E-state index in [4.69, 9.17) is 4.98 Å². The molecule has 4 bridgehead atoms. The number of aromatic nitrogens is 2. The number of fused-ring (bicyclic) bond motifs is 1. The van der Waals surface area contributed by atoms with Gasteiger partial charge in [0.2, 0.25) is 0 Å². The molecular formula is C21H26N2OS2. The van der Waals surface area contributed by atoms with E-state index in [2.05, 4.69) is 18.8 Å². The molecule has 0 radical (unpaired) electrons. The number of carbonyl (C=O) groups excluding carboxylic acids is 1. The summed E-state index contributed by atoms with van der Waals surface area (Å²) in [5, 5.41) is 2.17. The maximum Gasteiger partial charge on any atom is 0.149 e. The summed E-state index contributed by atoms with van der Waals surface area (Å²) < 4.78 is 0. The second kappa shape index (κ2) is 6.03. The van der Waals surface area contributed by atoms with Crippen molar-refractivity contribution in [2.75, 3.05) is 5.75 Å². The Morgan fingerprint density at radius 2 is 1.69 bits per heavy atom. The van der Waals surface area contributed by atoms with E-state index < -0.39 is 0 Å². The number of thiophene rings is 1. The molecule has 0 aliphatic heterocycles. The van der Waals surface area contributed by atoms with E-state index in [0.29, 0.717) is 11.5 Å². The highest BCUT2D eigenvalue weighted by Crippen LogP contribution is 2.60. The number of nitrogens with zero attached hydrogens (tertiary/aromatic N) is 2. The van der Waals surface area contributed by atoms with Gasteiger partial charge in [0.1, 0.15) is 21.5 Å². The molecule has 2 aromatic rings. The van der Waals surface area contributed by atoms with Crippen LogP contribution in [0.2, 0.25) is 0 Å². The Bertz CT molecular complexity index is 866. The van der Waals surface area contributed by atoms with Crippen molar-refractivity contribution in [3.63, 3.8) is 0 Å². The van der Waals surface area contributed by atoms with E-state index in [1.165, 1.54) is 35.1 Å². The molecule has 26 heavy (non-hydrogen) atoms. The van der Waals surface area contributed by atoms with Crippen LogP contribution in [0, 0.1) is 43.9 Å². The van der Waals surface area contributed by atoms with Crippen molar-refractivity contribution in [1.82, 2.24) is 9.97 Å². The molecule has 2 aromatic heterocycles. The lowest BCUT2D eigenvalue weighted by Gasteiger charge is -2.56. The Morgan fingerprint density at radius 1 is 1.08 bits per heavy atom.